The van der Waals surface area contributed by atoms with Gasteiger partial charge in [-0.25, -0.2) is 9.88 Å². The van der Waals surface area contributed by atoms with Crippen LogP contribution in [0, 0.1) is 0 Å². The summed E-state index contributed by atoms with van der Waals surface area (Å²) in [6, 6.07) is 3.20. The predicted octanol–water partition coefficient (Wildman–Crippen LogP) is 1.16. The van der Waals surface area contributed by atoms with E-state index in [1.807, 2.05) is 0 Å². The van der Waals surface area contributed by atoms with Gasteiger partial charge >= 0.3 is 0 Å². The Morgan fingerprint density at radius 1 is 1.21 bits per heavy atom. The Hall–Kier alpha value is -1.68. The summed E-state index contributed by atoms with van der Waals surface area (Å²) in [5, 5.41) is 0.276. The third-order valence-corrected chi connectivity index (χ3v) is 2.06. The van der Waals surface area contributed by atoms with Gasteiger partial charge in [0.25, 0.3) is 11.8 Å². The van der Waals surface area contributed by atoms with Crippen LogP contribution in [0.4, 0.5) is 5.82 Å². The maximum Gasteiger partial charge on any atom is 0.259 e. The Balaban J connectivity index is 2.46. The van der Waals surface area contributed by atoms with Gasteiger partial charge in [-0.05, 0) is 12.1 Å². The molecule has 0 N–H and O–H groups in total. The fourth-order valence-corrected chi connectivity index (χ4v) is 1.36. The molecule has 0 spiro atoms. The quantitative estimate of drug-likeness (QED) is 0.651. The van der Waals surface area contributed by atoms with E-state index in [0.717, 1.165) is 4.90 Å². The van der Waals surface area contributed by atoms with E-state index >= 15 is 0 Å². The number of nitrogens with zero attached hydrogens (tertiary/aromatic N) is 2. The first-order valence-electron chi connectivity index (χ1n) is 3.87. The van der Waals surface area contributed by atoms with Gasteiger partial charge in [-0.2, -0.15) is 0 Å². The molecule has 0 aromatic carbocycles. The van der Waals surface area contributed by atoms with Gasteiger partial charge in [0.15, 0.2) is 5.82 Å². The molecule has 0 saturated heterocycles. The topological polar surface area (TPSA) is 50.3 Å². The molecule has 4 nitrogen and oxygen atoms in total. The lowest BCUT2D eigenvalue weighted by Crippen LogP contribution is -2.30. The van der Waals surface area contributed by atoms with Gasteiger partial charge in [-0.15, -0.1) is 0 Å². The smallest absolute Gasteiger partial charge is 0.259 e. The molecule has 70 valence electrons. The van der Waals surface area contributed by atoms with Crippen LogP contribution in [0.15, 0.2) is 30.5 Å². The van der Waals surface area contributed by atoms with E-state index in [4.69, 9.17) is 11.6 Å². The number of pyridine rings is 1. The summed E-state index contributed by atoms with van der Waals surface area (Å²) in [7, 11) is 0. The molecule has 1 aromatic heterocycles. The van der Waals surface area contributed by atoms with Gasteiger partial charge in [0.1, 0.15) is 0 Å². The van der Waals surface area contributed by atoms with Crippen LogP contribution >= 0.6 is 11.6 Å². The number of rotatable bonds is 1. The van der Waals surface area contributed by atoms with Crippen LogP contribution in [0.5, 0.6) is 0 Å². The van der Waals surface area contributed by atoms with E-state index < -0.39 is 11.8 Å². The standard InChI is InChI=1S/C9H5ClN2O2/c10-6-2-1-5-11-9(6)12-7(13)3-4-8(12)14/h1-5H. The Bertz CT molecular complexity index is 424. The first kappa shape index (κ1) is 8.90. The zero-order valence-corrected chi connectivity index (χ0v) is 7.73. The minimum absolute atomic E-state index is 0.175. The molecule has 5 heteroatoms. The van der Waals surface area contributed by atoms with Gasteiger partial charge in [-0.3, -0.25) is 9.59 Å². The van der Waals surface area contributed by atoms with Crippen molar-refractivity contribution in [2.24, 2.45) is 0 Å². The van der Waals surface area contributed by atoms with Crippen molar-refractivity contribution in [2.45, 2.75) is 0 Å². The van der Waals surface area contributed by atoms with Crippen LogP contribution in [0.1, 0.15) is 0 Å². The van der Waals surface area contributed by atoms with Crippen molar-refractivity contribution >= 4 is 29.2 Å². The number of aromatic nitrogens is 1. The molecule has 1 aliphatic rings. The minimum Gasteiger partial charge on any atom is -0.269 e. The van der Waals surface area contributed by atoms with Crippen LogP contribution in [-0.4, -0.2) is 16.8 Å². The third-order valence-electron chi connectivity index (χ3n) is 1.76. The number of anilines is 1. The number of hydrogen-bond acceptors (Lipinski definition) is 3. The van der Waals surface area contributed by atoms with E-state index in [1.165, 1.54) is 18.3 Å². The van der Waals surface area contributed by atoms with Gasteiger partial charge in [-0.1, -0.05) is 11.6 Å². The van der Waals surface area contributed by atoms with Crippen molar-refractivity contribution in [2.75, 3.05) is 4.90 Å². The van der Waals surface area contributed by atoms with Crippen LogP contribution in [-0.2, 0) is 9.59 Å². The van der Waals surface area contributed by atoms with Crippen LogP contribution in [0.3, 0.4) is 0 Å². The molecule has 0 radical (unpaired) electrons. The molecule has 1 aromatic rings. The highest BCUT2D eigenvalue weighted by molar-refractivity contribution is 6.36. The van der Waals surface area contributed by atoms with Crippen molar-refractivity contribution in [3.05, 3.63) is 35.5 Å². The Kier molecular flexibility index (Phi) is 2.05. The largest absolute Gasteiger partial charge is 0.269 e. The molecule has 0 aliphatic carbocycles. The average Bonchev–Trinajstić information content (AvgIpc) is 2.48. The zero-order valence-electron chi connectivity index (χ0n) is 6.98. The third kappa shape index (κ3) is 1.29. The maximum atomic E-state index is 11.3. The van der Waals surface area contributed by atoms with Crippen LogP contribution in [0.2, 0.25) is 5.02 Å². The maximum absolute atomic E-state index is 11.3. The molecule has 2 rings (SSSR count). The highest BCUT2D eigenvalue weighted by Crippen LogP contribution is 2.24. The molecule has 0 fully saturated rings. The van der Waals surface area contributed by atoms with Crippen molar-refractivity contribution in [1.82, 2.24) is 4.98 Å². The highest BCUT2D eigenvalue weighted by Gasteiger charge is 2.27. The lowest BCUT2D eigenvalue weighted by Gasteiger charge is -2.13. The Morgan fingerprint density at radius 3 is 2.43 bits per heavy atom. The number of hydrogen-bond donors (Lipinski definition) is 0. The summed E-state index contributed by atoms with van der Waals surface area (Å²) in [4.78, 5) is 27.3. The first-order chi connectivity index (χ1) is 6.70. The molecule has 0 unspecified atom stereocenters. The first-order valence-corrected chi connectivity index (χ1v) is 4.24. The molecule has 14 heavy (non-hydrogen) atoms. The van der Waals surface area contributed by atoms with Crippen LogP contribution < -0.4 is 4.90 Å². The summed E-state index contributed by atoms with van der Waals surface area (Å²) in [5.74, 6) is -0.666. The molecule has 0 saturated carbocycles. The molecular formula is C9H5ClN2O2. The van der Waals surface area contributed by atoms with E-state index in [-0.39, 0.29) is 10.8 Å². The van der Waals surface area contributed by atoms with Crippen molar-refractivity contribution in [1.29, 1.82) is 0 Å². The van der Waals surface area contributed by atoms with E-state index in [1.54, 1.807) is 12.1 Å². The number of halogens is 1. The summed E-state index contributed by atoms with van der Waals surface area (Å²) < 4.78 is 0. The summed E-state index contributed by atoms with van der Waals surface area (Å²) in [6.45, 7) is 0. The van der Waals surface area contributed by atoms with Gasteiger partial charge in [0, 0.05) is 18.3 Å². The fourth-order valence-electron chi connectivity index (χ4n) is 1.15. The monoisotopic (exact) mass is 208 g/mol. The fraction of sp³-hybridized carbons (Fsp3) is 0. The lowest BCUT2D eigenvalue weighted by molar-refractivity contribution is -0.120. The second-order valence-corrected chi connectivity index (χ2v) is 3.06. The normalized spacial score (nSPS) is 15.4. The number of amides is 2. The second-order valence-electron chi connectivity index (χ2n) is 2.65. The SMILES string of the molecule is O=C1C=CC(=O)N1c1ncccc1Cl. The van der Waals surface area contributed by atoms with Crippen molar-refractivity contribution < 1.29 is 9.59 Å². The zero-order chi connectivity index (χ0) is 10.1. The highest BCUT2D eigenvalue weighted by atomic mass is 35.5. The molecule has 0 atom stereocenters. The molecule has 1 aliphatic heterocycles. The van der Waals surface area contributed by atoms with Crippen LogP contribution in [0.25, 0.3) is 0 Å². The number of imide groups is 1. The van der Waals surface area contributed by atoms with Gasteiger partial charge in [0.05, 0.1) is 5.02 Å². The Morgan fingerprint density at radius 2 is 1.86 bits per heavy atom. The van der Waals surface area contributed by atoms with E-state index in [2.05, 4.69) is 4.98 Å². The van der Waals surface area contributed by atoms with Crippen molar-refractivity contribution in [3.63, 3.8) is 0 Å². The lowest BCUT2D eigenvalue weighted by atomic mass is 10.4. The predicted molar refractivity (Wildman–Crippen MR) is 50.9 cm³/mol. The number of carbonyl (C=O) groups is 2. The number of carbonyl (C=O) groups excluding carboxylic acids is 2. The summed E-state index contributed by atoms with van der Waals surface area (Å²) in [6.07, 6.45) is 3.85. The van der Waals surface area contributed by atoms with Crippen molar-refractivity contribution in [3.8, 4) is 0 Å². The molecule has 2 heterocycles. The minimum atomic E-state index is -0.421. The van der Waals surface area contributed by atoms with E-state index in [0.29, 0.717) is 0 Å². The van der Waals surface area contributed by atoms with Gasteiger partial charge in [0.2, 0.25) is 0 Å². The van der Waals surface area contributed by atoms with Gasteiger partial charge < -0.3 is 0 Å². The van der Waals surface area contributed by atoms with E-state index in [9.17, 15) is 9.59 Å². The average molecular weight is 209 g/mol. The Labute approximate surface area is 84.8 Å². The summed E-state index contributed by atoms with van der Waals surface area (Å²) >= 11 is 5.80. The molecule has 2 amide bonds. The molecular weight excluding hydrogens is 204 g/mol. The summed E-state index contributed by atoms with van der Waals surface area (Å²) in [5.41, 5.74) is 0. The molecule has 0 bridgehead atoms. The second kappa shape index (κ2) is 3.23.